The zero-order valence-corrected chi connectivity index (χ0v) is 11.2. The molecule has 0 aliphatic carbocycles. The number of nitrogens with one attached hydrogen (secondary N) is 1. The van der Waals surface area contributed by atoms with Crippen LogP contribution in [0.4, 0.5) is 11.9 Å². The third-order valence-corrected chi connectivity index (χ3v) is 3.32. The van der Waals surface area contributed by atoms with Crippen LogP contribution in [0.3, 0.4) is 0 Å². The highest BCUT2D eigenvalue weighted by Gasteiger charge is 2.11. The van der Waals surface area contributed by atoms with Gasteiger partial charge in [0.2, 0.25) is 11.9 Å². The van der Waals surface area contributed by atoms with Crippen molar-refractivity contribution in [2.24, 2.45) is 0 Å². The molecule has 1 N–H and O–H groups in total. The molecule has 0 saturated carbocycles. The van der Waals surface area contributed by atoms with Crippen LogP contribution in [-0.2, 0) is 0 Å². The maximum Gasteiger partial charge on any atom is 0.230 e. The van der Waals surface area contributed by atoms with Crippen LogP contribution in [0.25, 0.3) is 10.7 Å². The first-order chi connectivity index (χ1) is 8.11. The van der Waals surface area contributed by atoms with Gasteiger partial charge in [-0.3, -0.25) is 0 Å². The van der Waals surface area contributed by atoms with E-state index in [1.165, 1.54) is 5.56 Å². The SMILES string of the molecule is CNc1nc(-c2sccc2C)nc(N(C)C)n1. The maximum atomic E-state index is 4.46. The summed E-state index contributed by atoms with van der Waals surface area (Å²) in [5.74, 6) is 1.97. The Morgan fingerprint density at radius 3 is 2.53 bits per heavy atom. The lowest BCUT2D eigenvalue weighted by atomic mass is 10.3. The fourth-order valence-corrected chi connectivity index (χ4v) is 2.24. The maximum absolute atomic E-state index is 4.46. The molecule has 0 aliphatic heterocycles. The molecule has 0 aliphatic rings. The minimum absolute atomic E-state index is 0.589. The Labute approximate surface area is 105 Å². The molecule has 2 rings (SSSR count). The summed E-state index contributed by atoms with van der Waals surface area (Å²) in [6.45, 7) is 2.06. The van der Waals surface area contributed by atoms with E-state index in [1.54, 1.807) is 18.4 Å². The Hall–Kier alpha value is -1.69. The van der Waals surface area contributed by atoms with Gasteiger partial charge in [0.05, 0.1) is 4.88 Å². The van der Waals surface area contributed by atoms with Gasteiger partial charge in [-0.1, -0.05) is 0 Å². The molecule has 0 atom stereocenters. The number of aromatic nitrogens is 3. The number of thiophene rings is 1. The van der Waals surface area contributed by atoms with E-state index < -0.39 is 0 Å². The molecule has 17 heavy (non-hydrogen) atoms. The lowest BCUT2D eigenvalue weighted by molar-refractivity contribution is 0.964. The van der Waals surface area contributed by atoms with E-state index in [4.69, 9.17) is 0 Å². The molecule has 90 valence electrons. The minimum Gasteiger partial charge on any atom is -0.357 e. The molecule has 0 unspecified atom stereocenters. The molecule has 6 heteroatoms. The molecule has 0 spiro atoms. The van der Waals surface area contributed by atoms with Crippen molar-refractivity contribution in [1.82, 2.24) is 15.0 Å². The summed E-state index contributed by atoms with van der Waals surface area (Å²) in [6.07, 6.45) is 0. The van der Waals surface area contributed by atoms with Crippen molar-refractivity contribution in [3.05, 3.63) is 17.0 Å². The zero-order chi connectivity index (χ0) is 12.4. The van der Waals surface area contributed by atoms with Crippen molar-refractivity contribution in [1.29, 1.82) is 0 Å². The van der Waals surface area contributed by atoms with E-state index in [-0.39, 0.29) is 0 Å². The fraction of sp³-hybridized carbons (Fsp3) is 0.364. The minimum atomic E-state index is 0.589. The molecular weight excluding hydrogens is 234 g/mol. The van der Waals surface area contributed by atoms with E-state index in [0.29, 0.717) is 11.9 Å². The highest BCUT2D eigenvalue weighted by molar-refractivity contribution is 7.13. The quantitative estimate of drug-likeness (QED) is 0.902. The fourth-order valence-electron chi connectivity index (χ4n) is 1.38. The number of anilines is 2. The number of nitrogens with zero attached hydrogens (tertiary/aromatic N) is 4. The highest BCUT2D eigenvalue weighted by Crippen LogP contribution is 2.27. The van der Waals surface area contributed by atoms with Crippen molar-refractivity contribution in [3.8, 4) is 10.7 Å². The van der Waals surface area contributed by atoms with Crippen LogP contribution in [0.5, 0.6) is 0 Å². The summed E-state index contributed by atoms with van der Waals surface area (Å²) in [5.41, 5.74) is 1.19. The molecule has 0 fully saturated rings. The molecule has 0 bridgehead atoms. The molecule has 2 aromatic rings. The van der Waals surface area contributed by atoms with Gasteiger partial charge in [0, 0.05) is 21.1 Å². The van der Waals surface area contributed by atoms with Crippen LogP contribution in [0.1, 0.15) is 5.56 Å². The molecule has 2 aromatic heterocycles. The average Bonchev–Trinajstić information content (AvgIpc) is 2.74. The van der Waals surface area contributed by atoms with Crippen molar-refractivity contribution in [2.45, 2.75) is 6.92 Å². The molecule has 5 nitrogen and oxygen atoms in total. The average molecular weight is 249 g/mol. The Morgan fingerprint density at radius 2 is 2.00 bits per heavy atom. The van der Waals surface area contributed by atoms with Crippen LogP contribution >= 0.6 is 11.3 Å². The predicted octanol–water partition coefficient (Wildman–Crippen LogP) is 2.02. The van der Waals surface area contributed by atoms with Crippen LogP contribution < -0.4 is 10.2 Å². The first-order valence-corrected chi connectivity index (χ1v) is 6.15. The molecule has 0 amide bonds. The molecule has 2 heterocycles. The van der Waals surface area contributed by atoms with Gasteiger partial charge in [0.1, 0.15) is 0 Å². The number of aryl methyl sites for hydroxylation is 1. The molecular formula is C11H15N5S. The van der Waals surface area contributed by atoms with Gasteiger partial charge in [-0.25, -0.2) is 0 Å². The van der Waals surface area contributed by atoms with Crippen molar-refractivity contribution in [3.63, 3.8) is 0 Å². The molecule has 0 saturated heterocycles. The lowest BCUT2D eigenvalue weighted by Crippen LogP contribution is -2.15. The summed E-state index contributed by atoms with van der Waals surface area (Å²) in [6, 6.07) is 2.07. The summed E-state index contributed by atoms with van der Waals surface area (Å²) in [7, 11) is 5.64. The van der Waals surface area contributed by atoms with Crippen molar-refractivity contribution < 1.29 is 0 Å². The number of rotatable bonds is 3. The van der Waals surface area contributed by atoms with E-state index >= 15 is 0 Å². The number of hydrogen-bond donors (Lipinski definition) is 1. The van der Waals surface area contributed by atoms with Crippen LogP contribution in [0, 0.1) is 6.92 Å². The van der Waals surface area contributed by atoms with Gasteiger partial charge in [0.15, 0.2) is 5.82 Å². The summed E-state index contributed by atoms with van der Waals surface area (Å²) >= 11 is 1.64. The molecule has 0 radical (unpaired) electrons. The summed E-state index contributed by atoms with van der Waals surface area (Å²) in [5, 5.41) is 5.00. The Bertz CT molecular complexity index is 520. The second-order valence-electron chi connectivity index (χ2n) is 3.86. The molecule has 0 aromatic carbocycles. The first kappa shape index (κ1) is 11.8. The van der Waals surface area contributed by atoms with Crippen LogP contribution in [-0.4, -0.2) is 36.1 Å². The highest BCUT2D eigenvalue weighted by atomic mass is 32.1. The van der Waals surface area contributed by atoms with Crippen molar-refractivity contribution >= 4 is 23.2 Å². The second-order valence-corrected chi connectivity index (χ2v) is 4.78. The Balaban J connectivity index is 2.54. The van der Waals surface area contributed by atoms with Gasteiger partial charge < -0.3 is 10.2 Å². The van der Waals surface area contributed by atoms with Crippen LogP contribution in [0.2, 0.25) is 0 Å². The largest absolute Gasteiger partial charge is 0.357 e. The van der Waals surface area contributed by atoms with E-state index in [9.17, 15) is 0 Å². The summed E-state index contributed by atoms with van der Waals surface area (Å²) < 4.78 is 0. The lowest BCUT2D eigenvalue weighted by Gasteiger charge is -2.12. The summed E-state index contributed by atoms with van der Waals surface area (Å²) in [4.78, 5) is 16.1. The smallest absolute Gasteiger partial charge is 0.230 e. The monoisotopic (exact) mass is 249 g/mol. The van der Waals surface area contributed by atoms with Gasteiger partial charge >= 0.3 is 0 Å². The van der Waals surface area contributed by atoms with Crippen LogP contribution in [0.15, 0.2) is 11.4 Å². The van der Waals surface area contributed by atoms with Crippen molar-refractivity contribution in [2.75, 3.05) is 31.4 Å². The van der Waals surface area contributed by atoms with E-state index in [0.717, 1.165) is 10.7 Å². The standard InChI is InChI=1S/C11H15N5S/c1-7-5-6-17-8(7)9-13-10(12-2)15-11(14-9)16(3)4/h5-6H,1-4H3,(H,12,13,14,15). The van der Waals surface area contributed by atoms with Gasteiger partial charge in [-0.2, -0.15) is 15.0 Å². The zero-order valence-electron chi connectivity index (χ0n) is 10.4. The normalized spacial score (nSPS) is 10.4. The Kier molecular flexibility index (Phi) is 3.23. The number of hydrogen-bond acceptors (Lipinski definition) is 6. The van der Waals surface area contributed by atoms with E-state index in [2.05, 4.69) is 33.3 Å². The van der Waals surface area contributed by atoms with Gasteiger partial charge in [-0.05, 0) is 23.9 Å². The Morgan fingerprint density at radius 1 is 1.24 bits per heavy atom. The topological polar surface area (TPSA) is 53.9 Å². The van der Waals surface area contributed by atoms with E-state index in [1.807, 2.05) is 24.4 Å². The second kappa shape index (κ2) is 4.67. The third kappa shape index (κ3) is 2.36. The van der Waals surface area contributed by atoms with Gasteiger partial charge in [-0.15, -0.1) is 11.3 Å². The van der Waals surface area contributed by atoms with Gasteiger partial charge in [0.25, 0.3) is 0 Å². The third-order valence-electron chi connectivity index (χ3n) is 2.31. The first-order valence-electron chi connectivity index (χ1n) is 5.27. The predicted molar refractivity (Wildman–Crippen MR) is 71.8 cm³/mol.